The van der Waals surface area contributed by atoms with Gasteiger partial charge >= 0.3 is 5.97 Å². The van der Waals surface area contributed by atoms with E-state index >= 15 is 0 Å². The number of hydrogen-bond acceptors (Lipinski definition) is 5. The first-order chi connectivity index (χ1) is 9.06. The maximum absolute atomic E-state index is 11.3. The quantitative estimate of drug-likeness (QED) is 0.756. The molecule has 0 aromatic heterocycles. The highest BCUT2D eigenvalue weighted by Crippen LogP contribution is 2.27. The lowest BCUT2D eigenvalue weighted by Crippen LogP contribution is -2.33. The molecule has 0 saturated heterocycles. The number of carbonyl (C=O) groups is 2. The molecule has 0 aliphatic rings. The number of ether oxygens (including phenoxy) is 2. The summed E-state index contributed by atoms with van der Waals surface area (Å²) in [4.78, 5) is 21.5. The SMILES string of the molecule is COc1cc(C#N)ccc1OCC(=O)NCC(=O)O. The van der Waals surface area contributed by atoms with Crippen LogP contribution in [0.2, 0.25) is 0 Å². The molecule has 0 bridgehead atoms. The molecule has 1 aromatic rings. The van der Waals surface area contributed by atoms with E-state index in [1.807, 2.05) is 6.07 Å². The summed E-state index contributed by atoms with van der Waals surface area (Å²) in [6.45, 7) is -0.803. The molecule has 1 aromatic carbocycles. The summed E-state index contributed by atoms with van der Waals surface area (Å²) >= 11 is 0. The molecular weight excluding hydrogens is 252 g/mol. The Balaban J connectivity index is 2.60. The predicted octanol–water partition coefficient (Wildman–Crippen LogP) is 0.146. The van der Waals surface area contributed by atoms with Gasteiger partial charge in [0.1, 0.15) is 6.54 Å². The van der Waals surface area contributed by atoms with Crippen molar-refractivity contribution in [1.82, 2.24) is 5.32 Å². The first-order valence-electron chi connectivity index (χ1n) is 5.26. The zero-order valence-electron chi connectivity index (χ0n) is 10.2. The topological polar surface area (TPSA) is 109 Å². The number of benzene rings is 1. The molecule has 100 valence electrons. The highest BCUT2D eigenvalue weighted by molar-refractivity contribution is 5.82. The van der Waals surface area contributed by atoms with Gasteiger partial charge < -0.3 is 19.9 Å². The van der Waals surface area contributed by atoms with Crippen LogP contribution in [-0.4, -0.2) is 37.2 Å². The van der Waals surface area contributed by atoms with Gasteiger partial charge in [-0.3, -0.25) is 9.59 Å². The van der Waals surface area contributed by atoms with Crippen molar-refractivity contribution in [2.45, 2.75) is 0 Å². The Hall–Kier alpha value is -2.75. The molecule has 0 fully saturated rings. The number of methoxy groups -OCH3 is 1. The van der Waals surface area contributed by atoms with Crippen LogP contribution in [0.15, 0.2) is 18.2 Å². The molecule has 1 rings (SSSR count). The summed E-state index contributed by atoms with van der Waals surface area (Å²) in [6, 6.07) is 6.45. The minimum absolute atomic E-state index is 0.298. The second-order valence-corrected chi connectivity index (χ2v) is 3.44. The fraction of sp³-hybridized carbons (Fsp3) is 0.250. The van der Waals surface area contributed by atoms with Crippen LogP contribution < -0.4 is 14.8 Å². The molecule has 0 atom stereocenters. The van der Waals surface area contributed by atoms with E-state index in [-0.39, 0.29) is 6.61 Å². The standard InChI is InChI=1S/C12H12N2O5/c1-18-10-4-8(5-13)2-3-9(10)19-7-11(15)14-6-12(16)17/h2-4H,6-7H2,1H3,(H,14,15)(H,16,17). The Morgan fingerprint density at radius 1 is 1.42 bits per heavy atom. The van der Waals surface area contributed by atoms with E-state index < -0.39 is 18.4 Å². The molecule has 1 amide bonds. The Morgan fingerprint density at radius 3 is 2.74 bits per heavy atom. The highest BCUT2D eigenvalue weighted by atomic mass is 16.5. The zero-order valence-corrected chi connectivity index (χ0v) is 10.2. The number of nitriles is 1. The minimum Gasteiger partial charge on any atom is -0.493 e. The van der Waals surface area contributed by atoms with Crippen LogP contribution >= 0.6 is 0 Å². The average molecular weight is 264 g/mol. The molecule has 0 aliphatic carbocycles. The third-order valence-corrected chi connectivity index (χ3v) is 2.09. The summed E-state index contributed by atoms with van der Waals surface area (Å²) in [7, 11) is 1.41. The molecule has 2 N–H and O–H groups in total. The van der Waals surface area contributed by atoms with Crippen LogP contribution in [0.25, 0.3) is 0 Å². The van der Waals surface area contributed by atoms with E-state index in [1.54, 1.807) is 0 Å². The van der Waals surface area contributed by atoms with E-state index in [2.05, 4.69) is 5.32 Å². The Kier molecular flexibility index (Phi) is 5.17. The van der Waals surface area contributed by atoms with Crippen molar-refractivity contribution in [1.29, 1.82) is 5.26 Å². The van der Waals surface area contributed by atoms with Crippen LogP contribution in [-0.2, 0) is 9.59 Å². The van der Waals surface area contributed by atoms with Crippen molar-refractivity contribution < 1.29 is 24.2 Å². The molecule has 0 unspecified atom stereocenters. The van der Waals surface area contributed by atoms with E-state index in [4.69, 9.17) is 19.8 Å². The Bertz CT molecular complexity index is 521. The highest BCUT2D eigenvalue weighted by Gasteiger charge is 2.09. The smallest absolute Gasteiger partial charge is 0.322 e. The van der Waals surface area contributed by atoms with Gasteiger partial charge in [-0.05, 0) is 12.1 Å². The van der Waals surface area contributed by atoms with Crippen molar-refractivity contribution in [3.63, 3.8) is 0 Å². The first-order valence-corrected chi connectivity index (χ1v) is 5.26. The average Bonchev–Trinajstić information content (AvgIpc) is 2.42. The third kappa shape index (κ3) is 4.55. The molecule has 7 nitrogen and oxygen atoms in total. The van der Waals surface area contributed by atoms with Crippen LogP contribution in [0.1, 0.15) is 5.56 Å². The van der Waals surface area contributed by atoms with E-state index in [9.17, 15) is 9.59 Å². The van der Waals surface area contributed by atoms with Gasteiger partial charge in [-0.2, -0.15) is 5.26 Å². The van der Waals surface area contributed by atoms with Gasteiger partial charge in [0, 0.05) is 6.07 Å². The maximum Gasteiger partial charge on any atom is 0.322 e. The number of nitrogens with one attached hydrogen (secondary N) is 1. The lowest BCUT2D eigenvalue weighted by molar-refractivity contribution is -0.138. The third-order valence-electron chi connectivity index (χ3n) is 2.09. The molecule has 0 saturated carbocycles. The van der Waals surface area contributed by atoms with Crippen molar-refractivity contribution in [3.8, 4) is 17.6 Å². The lowest BCUT2D eigenvalue weighted by Gasteiger charge is -2.10. The number of carbonyl (C=O) groups excluding carboxylic acids is 1. The van der Waals surface area contributed by atoms with Crippen LogP contribution in [0, 0.1) is 11.3 Å². The maximum atomic E-state index is 11.3. The van der Waals surface area contributed by atoms with Crippen molar-refractivity contribution in [3.05, 3.63) is 23.8 Å². The zero-order chi connectivity index (χ0) is 14.3. The van der Waals surface area contributed by atoms with E-state index in [0.717, 1.165) is 0 Å². The van der Waals surface area contributed by atoms with Crippen LogP contribution in [0.4, 0.5) is 0 Å². The van der Waals surface area contributed by atoms with Gasteiger partial charge in [0.15, 0.2) is 18.1 Å². The lowest BCUT2D eigenvalue weighted by atomic mass is 10.2. The summed E-state index contributed by atoms with van der Waals surface area (Å²) in [6.07, 6.45) is 0. The minimum atomic E-state index is -1.13. The molecule has 0 heterocycles. The number of rotatable bonds is 6. The Labute approximate surface area is 109 Å². The van der Waals surface area contributed by atoms with Gasteiger partial charge in [-0.25, -0.2) is 0 Å². The molecule has 19 heavy (non-hydrogen) atoms. The fourth-order valence-corrected chi connectivity index (χ4v) is 1.22. The van der Waals surface area contributed by atoms with Crippen molar-refractivity contribution >= 4 is 11.9 Å². The van der Waals surface area contributed by atoms with Crippen LogP contribution in [0.3, 0.4) is 0 Å². The predicted molar refractivity (Wildman–Crippen MR) is 63.8 cm³/mol. The first kappa shape index (κ1) is 14.3. The molecule has 0 spiro atoms. The van der Waals surface area contributed by atoms with Gasteiger partial charge in [0.2, 0.25) is 0 Å². The summed E-state index contributed by atoms with van der Waals surface area (Å²) in [5, 5.41) is 19.3. The van der Waals surface area contributed by atoms with E-state index in [0.29, 0.717) is 17.1 Å². The summed E-state index contributed by atoms with van der Waals surface area (Å²) in [5.41, 5.74) is 0.402. The monoisotopic (exact) mass is 264 g/mol. The Morgan fingerprint density at radius 2 is 2.16 bits per heavy atom. The summed E-state index contributed by atoms with van der Waals surface area (Å²) < 4.78 is 10.2. The number of hydrogen-bond donors (Lipinski definition) is 2. The van der Waals surface area contributed by atoms with Gasteiger partial charge in [0.05, 0.1) is 18.7 Å². The molecular formula is C12H12N2O5. The molecule has 7 heteroatoms. The second kappa shape index (κ2) is 6.86. The van der Waals surface area contributed by atoms with Crippen molar-refractivity contribution in [2.24, 2.45) is 0 Å². The van der Waals surface area contributed by atoms with Gasteiger partial charge in [0.25, 0.3) is 5.91 Å². The molecule has 0 aliphatic heterocycles. The van der Waals surface area contributed by atoms with Crippen LogP contribution in [0.5, 0.6) is 11.5 Å². The number of carboxylic acid groups (broad SMARTS) is 1. The molecule has 0 radical (unpaired) electrons. The van der Waals surface area contributed by atoms with Gasteiger partial charge in [-0.1, -0.05) is 0 Å². The largest absolute Gasteiger partial charge is 0.493 e. The van der Waals surface area contributed by atoms with Crippen molar-refractivity contribution in [2.75, 3.05) is 20.3 Å². The number of nitrogens with zero attached hydrogens (tertiary/aromatic N) is 1. The van der Waals surface area contributed by atoms with Gasteiger partial charge in [-0.15, -0.1) is 0 Å². The summed E-state index contributed by atoms with van der Waals surface area (Å²) in [5.74, 6) is -1.07. The normalized spacial score (nSPS) is 9.26. The number of aliphatic carboxylic acids is 1. The fourth-order valence-electron chi connectivity index (χ4n) is 1.22. The number of carboxylic acids is 1. The second-order valence-electron chi connectivity index (χ2n) is 3.44. The number of amides is 1. The van der Waals surface area contributed by atoms with E-state index in [1.165, 1.54) is 25.3 Å².